The van der Waals surface area contributed by atoms with Crippen LogP contribution < -0.4 is 9.47 Å². The maximum absolute atomic E-state index is 12.3. The summed E-state index contributed by atoms with van der Waals surface area (Å²) in [5.74, 6) is 0.792. The van der Waals surface area contributed by atoms with Crippen molar-refractivity contribution in [2.75, 3.05) is 13.2 Å². The zero-order valence-corrected chi connectivity index (χ0v) is 23.4. The molecule has 5 rings (SSSR count). The van der Waals surface area contributed by atoms with E-state index in [-0.39, 0.29) is 17.8 Å². The minimum atomic E-state index is -0.406. The van der Waals surface area contributed by atoms with Gasteiger partial charge in [-0.15, -0.1) is 0 Å². The summed E-state index contributed by atoms with van der Waals surface area (Å²) in [4.78, 5) is 14.0. The lowest BCUT2D eigenvalue weighted by atomic mass is 9.93. The van der Waals surface area contributed by atoms with Crippen LogP contribution in [0.25, 0.3) is 10.9 Å². The largest absolute Gasteiger partial charge is 0.491 e. The smallest absolute Gasteiger partial charge is 0.308 e. The Balaban J connectivity index is 0.000000270. The summed E-state index contributed by atoms with van der Waals surface area (Å²) in [6.45, 7) is 7.27. The van der Waals surface area contributed by atoms with E-state index in [9.17, 15) is 9.18 Å². The highest BCUT2D eigenvalue weighted by Crippen LogP contribution is 2.34. The van der Waals surface area contributed by atoms with E-state index in [2.05, 4.69) is 60.0 Å². The van der Waals surface area contributed by atoms with Gasteiger partial charge < -0.3 is 19.2 Å². The Bertz CT molecular complexity index is 1360. The molecule has 1 fully saturated rings. The predicted molar refractivity (Wildman–Crippen MR) is 153 cm³/mol. The number of nitrogens with one attached hydrogen (secondary N) is 1. The number of ether oxygens (including phenoxy) is 3. The molecule has 1 N–H and O–H groups in total. The first kappa shape index (κ1) is 28.7. The second-order valence-corrected chi connectivity index (χ2v) is 10.2. The number of hydrogen-bond acceptors (Lipinski definition) is 4. The quantitative estimate of drug-likeness (QED) is 0.177. The summed E-state index contributed by atoms with van der Waals surface area (Å²) in [7, 11) is 0. The standard InChI is InChI=1S/C24H28ClNO2.C8H7FO2/c1-3-5-21-22-14-18(25)9-12-23(22)26-24(21)16(2)17-7-10-19(11-8-17)28-15-20-6-4-13-27-20;1-6(10)11-8-4-2-7(9)3-5-8/h7-12,14,16,20,26H,3-6,13,15H2,1-2H3;2-5H,1H3. The van der Waals surface area contributed by atoms with Gasteiger partial charge in [0.2, 0.25) is 0 Å². The highest BCUT2D eigenvalue weighted by Gasteiger charge is 2.19. The molecule has 0 spiro atoms. The van der Waals surface area contributed by atoms with Crippen LogP contribution in [0.1, 0.15) is 62.8 Å². The maximum atomic E-state index is 12.3. The lowest BCUT2D eigenvalue weighted by molar-refractivity contribution is -0.131. The van der Waals surface area contributed by atoms with Crippen LogP contribution >= 0.6 is 11.6 Å². The van der Waals surface area contributed by atoms with Gasteiger partial charge in [0.15, 0.2) is 0 Å². The average Bonchev–Trinajstić information content (AvgIpc) is 3.57. The highest BCUT2D eigenvalue weighted by atomic mass is 35.5. The number of aromatic amines is 1. The van der Waals surface area contributed by atoms with Gasteiger partial charge in [0.1, 0.15) is 23.9 Å². The molecule has 0 amide bonds. The fraction of sp³-hybridized carbons (Fsp3) is 0.344. The van der Waals surface area contributed by atoms with Gasteiger partial charge in [-0.05, 0) is 85.0 Å². The molecule has 0 saturated carbocycles. The van der Waals surface area contributed by atoms with E-state index in [1.807, 2.05) is 6.07 Å². The fourth-order valence-electron chi connectivity index (χ4n) is 4.78. The molecule has 5 nitrogen and oxygen atoms in total. The number of carbonyl (C=O) groups excluding carboxylic acids is 1. The molecule has 2 atom stereocenters. The van der Waals surface area contributed by atoms with Crippen LogP contribution in [0.4, 0.5) is 4.39 Å². The minimum Gasteiger partial charge on any atom is -0.491 e. The van der Waals surface area contributed by atoms with Gasteiger partial charge in [-0.2, -0.15) is 0 Å². The Morgan fingerprint density at radius 3 is 2.46 bits per heavy atom. The van der Waals surface area contributed by atoms with Crippen molar-refractivity contribution in [3.63, 3.8) is 0 Å². The summed E-state index contributed by atoms with van der Waals surface area (Å²) in [5.41, 5.74) is 5.10. The van der Waals surface area contributed by atoms with E-state index in [4.69, 9.17) is 21.1 Å². The first-order valence-corrected chi connectivity index (χ1v) is 13.8. The first-order chi connectivity index (χ1) is 18.8. The van der Waals surface area contributed by atoms with E-state index in [0.29, 0.717) is 12.4 Å². The molecule has 0 aliphatic carbocycles. The number of benzene rings is 3. The summed E-state index contributed by atoms with van der Waals surface area (Å²) in [6.07, 6.45) is 4.63. The molecule has 39 heavy (non-hydrogen) atoms. The molecular formula is C32H35ClFNO4. The van der Waals surface area contributed by atoms with Gasteiger partial charge >= 0.3 is 5.97 Å². The number of carbonyl (C=O) groups is 1. The number of aromatic nitrogens is 1. The first-order valence-electron chi connectivity index (χ1n) is 13.4. The van der Waals surface area contributed by atoms with E-state index < -0.39 is 5.97 Å². The second kappa shape index (κ2) is 13.6. The topological polar surface area (TPSA) is 60.6 Å². The Morgan fingerprint density at radius 1 is 1.10 bits per heavy atom. The lowest BCUT2D eigenvalue weighted by Gasteiger charge is -2.15. The predicted octanol–water partition coefficient (Wildman–Crippen LogP) is 8.23. The average molecular weight is 552 g/mol. The molecule has 3 aromatic carbocycles. The number of fused-ring (bicyclic) bond motifs is 1. The Labute approximate surface area is 234 Å². The van der Waals surface area contributed by atoms with Crippen LogP contribution in [0.2, 0.25) is 5.02 Å². The summed E-state index contributed by atoms with van der Waals surface area (Å²) in [5, 5.41) is 2.03. The Kier molecular flexibility index (Phi) is 10.0. The summed E-state index contributed by atoms with van der Waals surface area (Å²) >= 11 is 6.25. The Hall–Kier alpha value is -3.35. The van der Waals surface area contributed by atoms with Gasteiger partial charge in [0, 0.05) is 41.1 Å². The van der Waals surface area contributed by atoms with Crippen LogP contribution in [0.3, 0.4) is 0 Å². The van der Waals surface area contributed by atoms with E-state index in [1.54, 1.807) is 0 Å². The zero-order chi connectivity index (χ0) is 27.8. The van der Waals surface area contributed by atoms with Gasteiger partial charge in [-0.25, -0.2) is 4.39 Å². The van der Waals surface area contributed by atoms with Crippen molar-refractivity contribution in [1.29, 1.82) is 0 Å². The number of hydrogen-bond donors (Lipinski definition) is 1. The maximum Gasteiger partial charge on any atom is 0.308 e. The van der Waals surface area contributed by atoms with Crippen LogP contribution in [0.5, 0.6) is 11.5 Å². The molecule has 1 aliphatic rings. The third-order valence-corrected chi connectivity index (χ3v) is 6.98. The normalized spacial score (nSPS) is 15.5. The summed E-state index contributed by atoms with van der Waals surface area (Å²) < 4.78 is 28.5. The van der Waals surface area contributed by atoms with Gasteiger partial charge in [-0.1, -0.05) is 44.0 Å². The molecule has 7 heteroatoms. The third kappa shape index (κ3) is 7.84. The van der Waals surface area contributed by atoms with Crippen molar-refractivity contribution in [2.24, 2.45) is 0 Å². The number of esters is 1. The molecule has 0 radical (unpaired) electrons. The number of H-pyrrole nitrogens is 1. The highest BCUT2D eigenvalue weighted by molar-refractivity contribution is 6.31. The van der Waals surface area contributed by atoms with E-state index in [1.165, 1.54) is 53.4 Å². The molecule has 2 unspecified atom stereocenters. The lowest BCUT2D eigenvalue weighted by Crippen LogP contribution is -2.16. The van der Waals surface area contributed by atoms with Crippen molar-refractivity contribution in [2.45, 2.75) is 58.5 Å². The molecule has 1 saturated heterocycles. The number of aryl methyl sites for hydroxylation is 1. The molecule has 0 bridgehead atoms. The van der Waals surface area contributed by atoms with Gasteiger partial charge in [0.05, 0.1) is 6.10 Å². The minimum absolute atomic E-state index is 0.244. The van der Waals surface area contributed by atoms with Crippen molar-refractivity contribution in [3.8, 4) is 11.5 Å². The second-order valence-electron chi connectivity index (χ2n) is 9.74. The molecule has 206 valence electrons. The van der Waals surface area contributed by atoms with Crippen molar-refractivity contribution >= 4 is 28.5 Å². The zero-order valence-electron chi connectivity index (χ0n) is 22.6. The molecule has 1 aromatic heterocycles. The molecular weight excluding hydrogens is 517 g/mol. The Morgan fingerprint density at radius 2 is 1.82 bits per heavy atom. The molecule has 1 aliphatic heterocycles. The SMILES string of the molecule is CC(=O)Oc1ccc(F)cc1.CCCc1c(C(C)c2ccc(OCC3CCCO3)cc2)[nH]c2ccc(Cl)cc12. The third-order valence-electron chi connectivity index (χ3n) is 6.75. The summed E-state index contributed by atoms with van der Waals surface area (Å²) in [6, 6.07) is 19.9. The fourth-order valence-corrected chi connectivity index (χ4v) is 4.95. The van der Waals surface area contributed by atoms with Crippen LogP contribution in [0.15, 0.2) is 66.7 Å². The van der Waals surface area contributed by atoms with Crippen molar-refractivity contribution in [1.82, 2.24) is 4.98 Å². The van der Waals surface area contributed by atoms with Crippen molar-refractivity contribution < 1.29 is 23.4 Å². The van der Waals surface area contributed by atoms with E-state index >= 15 is 0 Å². The van der Waals surface area contributed by atoms with E-state index in [0.717, 1.165) is 48.6 Å². The molecule has 4 aromatic rings. The van der Waals surface area contributed by atoms with Gasteiger partial charge in [-0.3, -0.25) is 4.79 Å². The van der Waals surface area contributed by atoms with Crippen molar-refractivity contribution in [3.05, 3.63) is 94.4 Å². The van der Waals surface area contributed by atoms with Crippen LogP contribution in [0, 0.1) is 5.82 Å². The monoisotopic (exact) mass is 551 g/mol. The van der Waals surface area contributed by atoms with Gasteiger partial charge in [0.25, 0.3) is 0 Å². The van der Waals surface area contributed by atoms with Crippen LogP contribution in [-0.4, -0.2) is 30.3 Å². The molecule has 2 heterocycles. The van der Waals surface area contributed by atoms with Crippen LogP contribution in [-0.2, 0) is 16.0 Å². The number of rotatable bonds is 8. The number of halogens is 2.